The number of ether oxygens (including phenoxy) is 2. The Bertz CT molecular complexity index is 908. The van der Waals surface area contributed by atoms with Crippen molar-refractivity contribution in [1.29, 1.82) is 0 Å². The standard InChI is InChI=1S/C18H20N2O5S/c1-3-4-8-20-15(21)12-6-5-11(16(22)24-2)10-13(12)19-18(20)26-14-7-9-25-17(14)23/h5-6,10,14H,3-4,7-9H2,1-2H3/t14-/m1/s1. The number of rotatable bonds is 6. The highest BCUT2D eigenvalue weighted by Crippen LogP contribution is 2.29. The maximum absolute atomic E-state index is 12.9. The number of nitrogens with zero attached hydrogens (tertiary/aromatic N) is 2. The summed E-state index contributed by atoms with van der Waals surface area (Å²) in [7, 11) is 1.30. The van der Waals surface area contributed by atoms with E-state index >= 15 is 0 Å². The first-order valence-corrected chi connectivity index (χ1v) is 9.39. The first-order chi connectivity index (χ1) is 12.5. The molecule has 2 heterocycles. The smallest absolute Gasteiger partial charge is 0.337 e. The zero-order chi connectivity index (χ0) is 18.7. The molecule has 1 aromatic carbocycles. The monoisotopic (exact) mass is 376 g/mol. The molecule has 0 aliphatic carbocycles. The lowest BCUT2D eigenvalue weighted by molar-refractivity contribution is -0.137. The number of hydrogen-bond acceptors (Lipinski definition) is 7. The molecule has 1 aliphatic rings. The lowest BCUT2D eigenvalue weighted by atomic mass is 10.1. The molecular weight excluding hydrogens is 356 g/mol. The van der Waals surface area contributed by atoms with Gasteiger partial charge in [-0.05, 0) is 24.6 Å². The fourth-order valence-corrected chi connectivity index (χ4v) is 3.85. The van der Waals surface area contributed by atoms with E-state index < -0.39 is 5.97 Å². The maximum Gasteiger partial charge on any atom is 0.337 e. The third-order valence-corrected chi connectivity index (χ3v) is 5.45. The quantitative estimate of drug-likeness (QED) is 0.565. The van der Waals surface area contributed by atoms with Crippen LogP contribution in [0, 0.1) is 0 Å². The number of benzene rings is 1. The van der Waals surface area contributed by atoms with Crippen LogP contribution in [0.25, 0.3) is 10.9 Å². The number of fused-ring (bicyclic) bond motifs is 1. The second-order valence-corrected chi connectivity index (χ2v) is 7.16. The number of carbonyl (C=O) groups is 2. The molecule has 0 spiro atoms. The number of carbonyl (C=O) groups excluding carboxylic acids is 2. The molecule has 0 amide bonds. The molecular formula is C18H20N2O5S. The van der Waals surface area contributed by atoms with Crippen LogP contribution in [0.4, 0.5) is 0 Å². The summed E-state index contributed by atoms with van der Waals surface area (Å²) in [4.78, 5) is 41.1. The molecule has 1 fully saturated rings. The summed E-state index contributed by atoms with van der Waals surface area (Å²) in [6.45, 7) is 2.96. The molecule has 1 aromatic heterocycles. The highest BCUT2D eigenvalue weighted by molar-refractivity contribution is 8.00. The van der Waals surface area contributed by atoms with E-state index in [1.165, 1.54) is 18.9 Å². The first kappa shape index (κ1) is 18.4. The first-order valence-electron chi connectivity index (χ1n) is 8.51. The number of thioether (sulfide) groups is 1. The number of hydrogen-bond donors (Lipinski definition) is 0. The summed E-state index contributed by atoms with van der Waals surface area (Å²) in [5.41, 5.74) is 0.572. The SMILES string of the molecule is CCCCn1c(S[C@@H]2CCOC2=O)nc2cc(C(=O)OC)ccc2c1=O. The van der Waals surface area contributed by atoms with Crippen LogP contribution in [0.15, 0.2) is 28.2 Å². The summed E-state index contributed by atoms with van der Waals surface area (Å²) >= 11 is 1.25. The van der Waals surface area contributed by atoms with Crippen molar-refractivity contribution < 1.29 is 19.1 Å². The number of aromatic nitrogens is 2. The van der Waals surface area contributed by atoms with Gasteiger partial charge >= 0.3 is 11.9 Å². The van der Waals surface area contributed by atoms with Gasteiger partial charge in [-0.15, -0.1) is 0 Å². The van der Waals surface area contributed by atoms with E-state index in [1.54, 1.807) is 22.8 Å². The summed E-state index contributed by atoms with van der Waals surface area (Å²) < 4.78 is 11.3. The minimum Gasteiger partial charge on any atom is -0.465 e. The molecule has 3 rings (SSSR count). The largest absolute Gasteiger partial charge is 0.465 e. The number of unbranched alkanes of at least 4 members (excludes halogenated alkanes) is 1. The van der Waals surface area contributed by atoms with Crippen LogP contribution in [-0.4, -0.2) is 40.5 Å². The highest BCUT2D eigenvalue weighted by atomic mass is 32.2. The molecule has 1 aliphatic heterocycles. The van der Waals surface area contributed by atoms with Gasteiger partial charge in [-0.25, -0.2) is 9.78 Å². The van der Waals surface area contributed by atoms with E-state index in [0.29, 0.717) is 41.2 Å². The summed E-state index contributed by atoms with van der Waals surface area (Å²) in [6.07, 6.45) is 2.35. The zero-order valence-corrected chi connectivity index (χ0v) is 15.5. The highest BCUT2D eigenvalue weighted by Gasteiger charge is 2.29. The summed E-state index contributed by atoms with van der Waals surface area (Å²) in [5, 5.41) is 0.546. The lowest BCUT2D eigenvalue weighted by Gasteiger charge is -2.14. The van der Waals surface area contributed by atoms with Crippen molar-refractivity contribution in [3.05, 3.63) is 34.1 Å². The van der Waals surface area contributed by atoms with Gasteiger partial charge in [0.15, 0.2) is 5.16 Å². The van der Waals surface area contributed by atoms with Crippen LogP contribution in [-0.2, 0) is 20.8 Å². The Balaban J connectivity index is 2.09. The second kappa shape index (κ2) is 7.90. The van der Waals surface area contributed by atoms with Gasteiger partial charge in [-0.3, -0.25) is 14.2 Å². The Morgan fingerprint density at radius 1 is 1.42 bits per heavy atom. The van der Waals surface area contributed by atoms with Crippen molar-refractivity contribution in [1.82, 2.24) is 9.55 Å². The van der Waals surface area contributed by atoms with Crippen molar-refractivity contribution >= 4 is 34.6 Å². The molecule has 138 valence electrons. The van der Waals surface area contributed by atoms with Gasteiger partial charge in [0.25, 0.3) is 5.56 Å². The Morgan fingerprint density at radius 2 is 2.23 bits per heavy atom. The van der Waals surface area contributed by atoms with E-state index in [0.717, 1.165) is 12.8 Å². The molecule has 0 saturated carbocycles. The predicted molar refractivity (Wildman–Crippen MR) is 97.5 cm³/mol. The molecule has 0 radical (unpaired) electrons. The van der Waals surface area contributed by atoms with E-state index in [1.807, 2.05) is 6.92 Å². The van der Waals surface area contributed by atoms with Crippen LogP contribution >= 0.6 is 11.8 Å². The molecule has 26 heavy (non-hydrogen) atoms. The molecule has 8 heteroatoms. The molecule has 2 aromatic rings. The van der Waals surface area contributed by atoms with Crippen molar-refractivity contribution in [2.24, 2.45) is 0 Å². The van der Waals surface area contributed by atoms with Crippen molar-refractivity contribution in [3.8, 4) is 0 Å². The molecule has 1 atom stereocenters. The predicted octanol–water partition coefficient (Wildman–Crippen LogP) is 2.39. The number of methoxy groups -OCH3 is 1. The van der Waals surface area contributed by atoms with Crippen LogP contribution < -0.4 is 5.56 Å². The molecule has 1 saturated heterocycles. The minimum absolute atomic E-state index is 0.172. The normalized spacial score (nSPS) is 16.7. The van der Waals surface area contributed by atoms with Gasteiger partial charge in [0, 0.05) is 13.0 Å². The summed E-state index contributed by atoms with van der Waals surface area (Å²) in [5.74, 6) is -0.771. The van der Waals surface area contributed by atoms with E-state index in [2.05, 4.69) is 4.98 Å². The number of esters is 2. The Morgan fingerprint density at radius 3 is 2.88 bits per heavy atom. The molecule has 0 N–H and O–H groups in total. The lowest BCUT2D eigenvalue weighted by Crippen LogP contribution is -2.25. The average Bonchev–Trinajstić information content (AvgIpc) is 3.05. The zero-order valence-electron chi connectivity index (χ0n) is 14.7. The van der Waals surface area contributed by atoms with Crippen LogP contribution in [0.3, 0.4) is 0 Å². The fourth-order valence-electron chi connectivity index (χ4n) is 2.76. The fraction of sp³-hybridized carbons (Fsp3) is 0.444. The van der Waals surface area contributed by atoms with Gasteiger partial charge in [0.1, 0.15) is 5.25 Å². The van der Waals surface area contributed by atoms with Gasteiger partial charge < -0.3 is 9.47 Å². The summed E-state index contributed by atoms with van der Waals surface area (Å²) in [6, 6.07) is 4.70. The van der Waals surface area contributed by atoms with Gasteiger partial charge in [-0.1, -0.05) is 25.1 Å². The number of cyclic esters (lactones) is 1. The van der Waals surface area contributed by atoms with E-state index in [4.69, 9.17) is 9.47 Å². The van der Waals surface area contributed by atoms with E-state index in [9.17, 15) is 14.4 Å². The Hall–Kier alpha value is -2.35. The van der Waals surface area contributed by atoms with E-state index in [-0.39, 0.29) is 16.8 Å². The minimum atomic E-state index is -0.488. The van der Waals surface area contributed by atoms with Gasteiger partial charge in [-0.2, -0.15) is 0 Å². The van der Waals surface area contributed by atoms with Gasteiger partial charge in [0.05, 0.1) is 30.2 Å². The van der Waals surface area contributed by atoms with Crippen LogP contribution in [0.1, 0.15) is 36.5 Å². The Labute approximate surface area is 154 Å². The van der Waals surface area contributed by atoms with Crippen molar-refractivity contribution in [2.45, 2.75) is 43.1 Å². The third-order valence-electron chi connectivity index (χ3n) is 4.21. The van der Waals surface area contributed by atoms with Crippen LogP contribution in [0.5, 0.6) is 0 Å². The average molecular weight is 376 g/mol. The molecule has 0 bridgehead atoms. The van der Waals surface area contributed by atoms with Crippen molar-refractivity contribution in [2.75, 3.05) is 13.7 Å². The maximum atomic E-state index is 12.9. The third kappa shape index (κ3) is 3.60. The van der Waals surface area contributed by atoms with Crippen LogP contribution in [0.2, 0.25) is 0 Å². The second-order valence-electron chi connectivity index (χ2n) is 5.99. The molecule has 0 unspecified atom stereocenters. The van der Waals surface area contributed by atoms with Gasteiger partial charge in [0.2, 0.25) is 0 Å². The van der Waals surface area contributed by atoms with Crippen molar-refractivity contribution in [3.63, 3.8) is 0 Å². The molecule has 7 nitrogen and oxygen atoms in total. The topological polar surface area (TPSA) is 87.5 Å². The Kier molecular flexibility index (Phi) is 5.61.